The summed E-state index contributed by atoms with van der Waals surface area (Å²) in [6.07, 6.45) is 2.87. The number of esters is 1. The second-order valence-electron chi connectivity index (χ2n) is 9.52. The summed E-state index contributed by atoms with van der Waals surface area (Å²) in [4.78, 5) is 57.1. The number of nitrogens with zero attached hydrogens (tertiary/aromatic N) is 3. The smallest absolute Gasteiger partial charge is 0.328 e. The molecule has 2 fully saturated rings. The number of fused-ring (bicyclic) bond motifs is 1. The number of halogens is 1. The number of methoxy groups -OCH3 is 1. The van der Waals surface area contributed by atoms with E-state index in [2.05, 4.69) is 0 Å². The van der Waals surface area contributed by atoms with Crippen molar-refractivity contribution in [1.82, 2.24) is 9.80 Å². The Hall–Kier alpha value is -3.39. The molecule has 36 heavy (non-hydrogen) atoms. The standard InChI is InChI=1S/C27H28ClN3O5/c1-36-27(35)22-8-4-14-30(22)24(32)18-5-3-13-29(16-18)21-7-2-6-20-23(21)26(34)31(25(20)33)15-17-9-11-19(28)12-10-17/h2,6-7,9-12,18,22H,3-5,8,13-16H2,1H3/t18?,22-/m0/s1. The highest BCUT2D eigenvalue weighted by Crippen LogP contribution is 2.35. The number of piperidine rings is 1. The van der Waals surface area contributed by atoms with E-state index in [9.17, 15) is 19.2 Å². The molecular weight excluding hydrogens is 482 g/mol. The van der Waals surface area contributed by atoms with Crippen molar-refractivity contribution in [3.05, 3.63) is 64.2 Å². The van der Waals surface area contributed by atoms with Gasteiger partial charge < -0.3 is 14.5 Å². The van der Waals surface area contributed by atoms with Gasteiger partial charge in [0.05, 0.1) is 36.4 Å². The number of amides is 3. The largest absolute Gasteiger partial charge is 0.467 e. The average Bonchev–Trinajstić information content (AvgIpc) is 3.49. The maximum Gasteiger partial charge on any atom is 0.328 e. The van der Waals surface area contributed by atoms with Gasteiger partial charge in [-0.3, -0.25) is 19.3 Å². The molecule has 0 aliphatic carbocycles. The predicted molar refractivity (Wildman–Crippen MR) is 134 cm³/mol. The van der Waals surface area contributed by atoms with Crippen LogP contribution >= 0.6 is 11.6 Å². The minimum Gasteiger partial charge on any atom is -0.467 e. The van der Waals surface area contributed by atoms with Crippen LogP contribution in [0.1, 0.15) is 52.0 Å². The molecule has 0 spiro atoms. The molecule has 2 aromatic rings. The van der Waals surface area contributed by atoms with Gasteiger partial charge in [-0.15, -0.1) is 0 Å². The molecule has 3 aliphatic rings. The van der Waals surface area contributed by atoms with Crippen molar-refractivity contribution in [2.24, 2.45) is 5.92 Å². The highest BCUT2D eigenvalue weighted by Gasteiger charge is 2.41. The van der Waals surface area contributed by atoms with Crippen LogP contribution in [0.25, 0.3) is 0 Å². The lowest BCUT2D eigenvalue weighted by atomic mass is 9.94. The predicted octanol–water partition coefficient (Wildman–Crippen LogP) is 3.52. The first-order valence-electron chi connectivity index (χ1n) is 12.3. The Bertz CT molecular complexity index is 1210. The molecule has 1 unspecified atom stereocenters. The minimum atomic E-state index is -0.528. The molecule has 9 heteroatoms. The van der Waals surface area contributed by atoms with Crippen LogP contribution in [0.3, 0.4) is 0 Å². The number of ether oxygens (including phenoxy) is 1. The quantitative estimate of drug-likeness (QED) is 0.453. The van der Waals surface area contributed by atoms with Gasteiger partial charge in [0.25, 0.3) is 11.8 Å². The van der Waals surface area contributed by atoms with E-state index in [-0.39, 0.29) is 36.2 Å². The lowest BCUT2D eigenvalue weighted by molar-refractivity contribution is -0.152. The molecule has 3 amide bonds. The zero-order chi connectivity index (χ0) is 25.4. The summed E-state index contributed by atoms with van der Waals surface area (Å²) in [7, 11) is 1.34. The molecule has 0 radical (unpaired) electrons. The molecule has 0 aromatic heterocycles. The van der Waals surface area contributed by atoms with Crippen LogP contribution < -0.4 is 4.90 Å². The molecule has 5 rings (SSSR count). The van der Waals surface area contributed by atoms with Crippen molar-refractivity contribution in [1.29, 1.82) is 0 Å². The van der Waals surface area contributed by atoms with E-state index in [4.69, 9.17) is 16.3 Å². The summed E-state index contributed by atoms with van der Waals surface area (Å²) < 4.78 is 4.90. The topological polar surface area (TPSA) is 87.2 Å². The fraction of sp³-hybridized carbons (Fsp3) is 0.407. The Morgan fingerprint density at radius 3 is 2.50 bits per heavy atom. The summed E-state index contributed by atoms with van der Waals surface area (Å²) in [5.74, 6) is -1.38. The van der Waals surface area contributed by atoms with E-state index in [0.29, 0.717) is 54.3 Å². The van der Waals surface area contributed by atoms with Crippen molar-refractivity contribution in [2.45, 2.75) is 38.3 Å². The monoisotopic (exact) mass is 509 g/mol. The van der Waals surface area contributed by atoms with Crippen LogP contribution in [-0.2, 0) is 20.9 Å². The fourth-order valence-electron chi connectivity index (χ4n) is 5.54. The highest BCUT2D eigenvalue weighted by molar-refractivity contribution is 6.30. The van der Waals surface area contributed by atoms with Crippen molar-refractivity contribution >= 4 is 41.0 Å². The first kappa shape index (κ1) is 24.3. The van der Waals surface area contributed by atoms with Crippen molar-refractivity contribution in [3.8, 4) is 0 Å². The molecule has 3 aliphatic heterocycles. The molecule has 0 N–H and O–H groups in total. The fourth-order valence-corrected chi connectivity index (χ4v) is 5.66. The third-order valence-electron chi connectivity index (χ3n) is 7.35. The summed E-state index contributed by atoms with van der Waals surface area (Å²) in [6.45, 7) is 1.81. The number of rotatable bonds is 5. The number of imide groups is 1. The van der Waals surface area contributed by atoms with Gasteiger partial charge in [-0.1, -0.05) is 29.8 Å². The first-order valence-corrected chi connectivity index (χ1v) is 12.6. The third kappa shape index (κ3) is 4.34. The second kappa shape index (κ2) is 9.93. The molecule has 2 aromatic carbocycles. The zero-order valence-corrected chi connectivity index (χ0v) is 20.9. The number of carbonyl (C=O) groups excluding carboxylic acids is 4. The Morgan fingerprint density at radius 1 is 1.00 bits per heavy atom. The van der Waals surface area contributed by atoms with Crippen LogP contribution in [0.15, 0.2) is 42.5 Å². The Labute approximate surface area is 214 Å². The Kier molecular flexibility index (Phi) is 6.71. The van der Waals surface area contributed by atoms with E-state index in [0.717, 1.165) is 18.4 Å². The summed E-state index contributed by atoms with van der Waals surface area (Å²) in [6, 6.07) is 11.8. The van der Waals surface area contributed by atoms with Gasteiger partial charge in [0.15, 0.2) is 0 Å². The van der Waals surface area contributed by atoms with Gasteiger partial charge in [0.1, 0.15) is 6.04 Å². The molecular formula is C27H28ClN3O5. The molecule has 2 atom stereocenters. The lowest BCUT2D eigenvalue weighted by Gasteiger charge is -2.37. The third-order valence-corrected chi connectivity index (χ3v) is 7.60. The van der Waals surface area contributed by atoms with Crippen molar-refractivity contribution in [3.63, 3.8) is 0 Å². The summed E-state index contributed by atoms with van der Waals surface area (Å²) >= 11 is 5.97. The van der Waals surface area contributed by atoms with E-state index in [1.54, 1.807) is 41.3 Å². The minimum absolute atomic E-state index is 0.0491. The molecule has 0 saturated carbocycles. The van der Waals surface area contributed by atoms with Crippen LogP contribution in [0.5, 0.6) is 0 Å². The van der Waals surface area contributed by atoms with Crippen molar-refractivity contribution < 1.29 is 23.9 Å². The number of hydrogen-bond acceptors (Lipinski definition) is 6. The normalized spacial score (nSPS) is 21.7. The highest BCUT2D eigenvalue weighted by atomic mass is 35.5. The van der Waals surface area contributed by atoms with E-state index >= 15 is 0 Å². The second-order valence-corrected chi connectivity index (χ2v) is 9.96. The van der Waals surface area contributed by atoms with Gasteiger partial charge in [0.2, 0.25) is 5.91 Å². The molecule has 2 saturated heterocycles. The maximum atomic E-state index is 13.4. The Morgan fingerprint density at radius 2 is 1.75 bits per heavy atom. The average molecular weight is 510 g/mol. The zero-order valence-electron chi connectivity index (χ0n) is 20.1. The maximum absolute atomic E-state index is 13.4. The molecule has 188 valence electrons. The van der Waals surface area contributed by atoms with Gasteiger partial charge >= 0.3 is 5.97 Å². The van der Waals surface area contributed by atoms with Crippen LogP contribution in [0.4, 0.5) is 5.69 Å². The number of anilines is 1. The van der Waals surface area contributed by atoms with E-state index in [1.807, 2.05) is 11.0 Å². The van der Waals surface area contributed by atoms with E-state index < -0.39 is 6.04 Å². The summed E-state index contributed by atoms with van der Waals surface area (Å²) in [5, 5.41) is 0.587. The lowest BCUT2D eigenvalue weighted by Crippen LogP contribution is -2.48. The van der Waals surface area contributed by atoms with Gasteiger partial charge in [-0.2, -0.15) is 0 Å². The molecule has 3 heterocycles. The Balaban J connectivity index is 1.36. The van der Waals surface area contributed by atoms with E-state index in [1.165, 1.54) is 12.0 Å². The molecule has 0 bridgehead atoms. The first-order chi connectivity index (χ1) is 17.4. The number of hydrogen-bond donors (Lipinski definition) is 0. The van der Waals surface area contributed by atoms with Gasteiger partial charge in [-0.05, 0) is 55.5 Å². The van der Waals surface area contributed by atoms with Crippen LogP contribution in [0, 0.1) is 5.92 Å². The van der Waals surface area contributed by atoms with Crippen molar-refractivity contribution in [2.75, 3.05) is 31.6 Å². The van der Waals surface area contributed by atoms with Crippen LogP contribution in [-0.4, -0.2) is 66.3 Å². The van der Waals surface area contributed by atoms with Gasteiger partial charge in [-0.25, -0.2) is 4.79 Å². The van der Waals surface area contributed by atoms with Gasteiger partial charge in [0, 0.05) is 24.7 Å². The summed E-state index contributed by atoms with van der Waals surface area (Å²) in [5.41, 5.74) is 2.25. The van der Waals surface area contributed by atoms with Crippen LogP contribution in [0.2, 0.25) is 5.02 Å². The SMILES string of the molecule is COC(=O)[C@@H]1CCCN1C(=O)C1CCCN(c2cccc3c2C(=O)N(Cc2ccc(Cl)cc2)C3=O)C1. The number of likely N-dealkylation sites (tertiary alicyclic amines) is 1. The number of carbonyl (C=O) groups is 4. The molecule has 8 nitrogen and oxygen atoms in total. The number of benzene rings is 2.